The fourth-order valence-corrected chi connectivity index (χ4v) is 4.83. The summed E-state index contributed by atoms with van der Waals surface area (Å²) in [6, 6.07) is 2.49. The van der Waals surface area contributed by atoms with Crippen LogP contribution in [-0.2, 0) is 19.4 Å². The van der Waals surface area contributed by atoms with E-state index < -0.39 is 0 Å². The molecule has 1 nitrogen and oxygen atoms in total. The van der Waals surface area contributed by atoms with Crippen molar-refractivity contribution in [1.82, 2.24) is 0 Å². The second-order valence-electron chi connectivity index (χ2n) is 10.3. The summed E-state index contributed by atoms with van der Waals surface area (Å²) < 4.78 is 2.52. The number of aromatic nitrogens is 1. The van der Waals surface area contributed by atoms with Crippen molar-refractivity contribution >= 4 is 0 Å². The van der Waals surface area contributed by atoms with Gasteiger partial charge >= 0.3 is 0 Å². The highest BCUT2D eigenvalue weighted by Gasteiger charge is 2.08. The van der Waals surface area contributed by atoms with Crippen molar-refractivity contribution in [2.24, 2.45) is 0 Å². The lowest BCUT2D eigenvalue weighted by atomic mass is 10.0. The lowest BCUT2D eigenvalue weighted by Crippen LogP contribution is -2.34. The summed E-state index contributed by atoms with van der Waals surface area (Å²) in [5, 5.41) is 0. The molecule has 0 saturated carbocycles. The molecule has 0 aliphatic carbocycles. The smallest absolute Gasteiger partial charge is 0.171 e. The molecule has 32 heavy (non-hydrogen) atoms. The zero-order valence-corrected chi connectivity index (χ0v) is 22.4. The van der Waals surface area contributed by atoms with Crippen molar-refractivity contribution < 1.29 is 4.57 Å². The fourth-order valence-electron chi connectivity index (χ4n) is 4.83. The molecule has 0 saturated heterocycles. The van der Waals surface area contributed by atoms with Crippen LogP contribution in [0.15, 0.2) is 18.5 Å². The van der Waals surface area contributed by atoms with Gasteiger partial charge in [0.15, 0.2) is 12.4 Å². The molecule has 186 valence electrons. The van der Waals surface area contributed by atoms with Crippen LogP contribution >= 0.6 is 0 Å². The highest BCUT2D eigenvalue weighted by atomic mass is 14.9. The number of unbranched alkanes of at least 4 members (excludes halogenated alkanes) is 17. The van der Waals surface area contributed by atoms with Crippen LogP contribution in [-0.4, -0.2) is 0 Å². The molecule has 0 aliphatic rings. The Kier molecular flexibility index (Phi) is 20.0. The Morgan fingerprint density at radius 1 is 0.438 bits per heavy atom. The summed E-state index contributed by atoms with van der Waals surface area (Å²) in [5.74, 6) is 0. The summed E-state index contributed by atoms with van der Waals surface area (Å²) in [5.41, 5.74) is 3.13. The van der Waals surface area contributed by atoms with E-state index in [1.54, 1.807) is 11.1 Å². The molecule has 0 amide bonds. The SMILES string of the molecule is CCCCCCCCCCCCCCCC[n+]1cc(CCCCC)cc(CCCCC)c1. The minimum atomic E-state index is 1.21. The molecule has 0 unspecified atom stereocenters. The number of hydrogen-bond acceptors (Lipinski definition) is 0. The van der Waals surface area contributed by atoms with Crippen LogP contribution < -0.4 is 4.57 Å². The van der Waals surface area contributed by atoms with Crippen molar-refractivity contribution in [3.05, 3.63) is 29.6 Å². The van der Waals surface area contributed by atoms with E-state index in [2.05, 4.69) is 43.8 Å². The van der Waals surface area contributed by atoms with Crippen LogP contribution in [0.4, 0.5) is 0 Å². The molecule has 1 rings (SSSR count). The summed E-state index contributed by atoms with van der Waals surface area (Å²) in [6.45, 7) is 8.12. The van der Waals surface area contributed by atoms with Crippen molar-refractivity contribution in [1.29, 1.82) is 0 Å². The predicted molar refractivity (Wildman–Crippen MR) is 143 cm³/mol. The fraction of sp³-hybridized carbons (Fsp3) is 0.839. The number of pyridine rings is 1. The minimum absolute atomic E-state index is 1.21. The Labute approximate surface area is 202 Å². The third kappa shape index (κ3) is 16.7. The van der Waals surface area contributed by atoms with Gasteiger partial charge in [0.2, 0.25) is 0 Å². The molecule has 0 spiro atoms. The van der Waals surface area contributed by atoms with E-state index in [-0.39, 0.29) is 0 Å². The molecule has 0 atom stereocenters. The van der Waals surface area contributed by atoms with Crippen LogP contribution in [0.5, 0.6) is 0 Å². The first kappa shape index (κ1) is 29.2. The predicted octanol–water partition coefficient (Wildman–Crippen LogP) is 9.92. The van der Waals surface area contributed by atoms with Crippen LogP contribution in [0.3, 0.4) is 0 Å². The van der Waals surface area contributed by atoms with Gasteiger partial charge in [-0.2, -0.15) is 0 Å². The van der Waals surface area contributed by atoms with E-state index in [0.29, 0.717) is 0 Å². The highest BCUT2D eigenvalue weighted by Crippen LogP contribution is 2.14. The van der Waals surface area contributed by atoms with E-state index in [1.807, 2.05) is 0 Å². The van der Waals surface area contributed by atoms with E-state index >= 15 is 0 Å². The molecule has 0 N–H and O–H groups in total. The molecule has 0 fully saturated rings. The molecule has 0 aromatic carbocycles. The van der Waals surface area contributed by atoms with Gasteiger partial charge in [0.05, 0.1) is 0 Å². The Morgan fingerprint density at radius 2 is 0.781 bits per heavy atom. The minimum Gasteiger partial charge on any atom is -0.205 e. The average molecular weight is 445 g/mol. The summed E-state index contributed by atoms with van der Waals surface area (Å²) in [6.07, 6.45) is 35.6. The van der Waals surface area contributed by atoms with Crippen molar-refractivity contribution in [3.8, 4) is 0 Å². The first-order chi connectivity index (χ1) is 15.8. The van der Waals surface area contributed by atoms with Gasteiger partial charge in [-0.3, -0.25) is 0 Å². The summed E-state index contributed by atoms with van der Waals surface area (Å²) in [4.78, 5) is 0. The molecule has 1 heteroatoms. The van der Waals surface area contributed by atoms with E-state index in [1.165, 1.54) is 148 Å². The first-order valence-electron chi connectivity index (χ1n) is 14.8. The number of nitrogens with zero attached hydrogens (tertiary/aromatic N) is 1. The van der Waals surface area contributed by atoms with Crippen LogP contribution in [0, 0.1) is 0 Å². The molecule has 1 heterocycles. The van der Waals surface area contributed by atoms with Gasteiger partial charge in [-0.05, 0) is 38.2 Å². The molecule has 1 aromatic heterocycles. The maximum Gasteiger partial charge on any atom is 0.171 e. The molecular formula is C31H58N+. The first-order valence-corrected chi connectivity index (χ1v) is 14.8. The zero-order chi connectivity index (χ0) is 23.1. The number of hydrogen-bond donors (Lipinski definition) is 0. The quantitative estimate of drug-likeness (QED) is 0.117. The van der Waals surface area contributed by atoms with Crippen molar-refractivity contribution in [2.45, 2.75) is 169 Å². The third-order valence-corrected chi connectivity index (χ3v) is 6.94. The maximum atomic E-state index is 2.52. The Bertz CT molecular complexity index is 493. The second kappa shape index (κ2) is 22.0. The standard InChI is InChI=1S/C31H58N/c1-4-7-10-11-12-13-14-15-16-17-18-19-20-23-26-32-28-30(24-21-8-5-2)27-31(29-32)25-22-9-6-3/h27-29H,4-26H2,1-3H3/q+1. The lowest BCUT2D eigenvalue weighted by Gasteiger charge is -2.06. The maximum absolute atomic E-state index is 2.52. The normalized spacial score (nSPS) is 11.3. The number of aryl methyl sites for hydroxylation is 3. The van der Waals surface area contributed by atoms with Gasteiger partial charge in [0.1, 0.15) is 6.54 Å². The lowest BCUT2D eigenvalue weighted by molar-refractivity contribution is -0.698. The van der Waals surface area contributed by atoms with Crippen molar-refractivity contribution in [3.63, 3.8) is 0 Å². The van der Waals surface area contributed by atoms with E-state index in [0.717, 1.165) is 0 Å². The van der Waals surface area contributed by atoms with Gasteiger partial charge in [0.25, 0.3) is 0 Å². The van der Waals surface area contributed by atoms with Gasteiger partial charge in [-0.15, -0.1) is 0 Å². The molecule has 0 radical (unpaired) electrons. The third-order valence-electron chi connectivity index (χ3n) is 6.94. The topological polar surface area (TPSA) is 3.88 Å². The average Bonchev–Trinajstić information content (AvgIpc) is 2.79. The molecular weight excluding hydrogens is 386 g/mol. The van der Waals surface area contributed by atoms with Gasteiger partial charge < -0.3 is 0 Å². The molecule has 0 aliphatic heterocycles. The number of rotatable bonds is 23. The van der Waals surface area contributed by atoms with E-state index in [4.69, 9.17) is 0 Å². The largest absolute Gasteiger partial charge is 0.205 e. The van der Waals surface area contributed by atoms with Gasteiger partial charge in [-0.25, -0.2) is 4.57 Å². The van der Waals surface area contributed by atoms with Crippen LogP contribution in [0.1, 0.15) is 160 Å². The molecule has 0 bridgehead atoms. The molecule has 1 aromatic rings. The van der Waals surface area contributed by atoms with Crippen LogP contribution in [0.25, 0.3) is 0 Å². The summed E-state index contributed by atoms with van der Waals surface area (Å²) in [7, 11) is 0. The Morgan fingerprint density at radius 3 is 1.19 bits per heavy atom. The van der Waals surface area contributed by atoms with E-state index in [9.17, 15) is 0 Å². The zero-order valence-electron chi connectivity index (χ0n) is 22.4. The van der Waals surface area contributed by atoms with Crippen molar-refractivity contribution in [2.75, 3.05) is 0 Å². The Balaban J connectivity index is 2.15. The summed E-state index contributed by atoms with van der Waals surface area (Å²) >= 11 is 0. The van der Waals surface area contributed by atoms with Gasteiger partial charge in [0, 0.05) is 17.5 Å². The monoisotopic (exact) mass is 444 g/mol. The van der Waals surface area contributed by atoms with Crippen LogP contribution in [0.2, 0.25) is 0 Å². The second-order valence-corrected chi connectivity index (χ2v) is 10.3. The van der Waals surface area contributed by atoms with Gasteiger partial charge in [-0.1, -0.05) is 124 Å². The highest BCUT2D eigenvalue weighted by molar-refractivity contribution is 5.15. The Hall–Kier alpha value is -0.850.